The van der Waals surface area contributed by atoms with Crippen LogP contribution in [0.1, 0.15) is 11.6 Å². The molecule has 0 fully saturated rings. The van der Waals surface area contributed by atoms with E-state index in [2.05, 4.69) is 15.9 Å². The van der Waals surface area contributed by atoms with Gasteiger partial charge in [-0.15, -0.1) is 0 Å². The molecule has 0 bridgehead atoms. The third kappa shape index (κ3) is 2.45. The summed E-state index contributed by atoms with van der Waals surface area (Å²) in [5, 5.41) is 1.60. The fourth-order valence-electron chi connectivity index (χ4n) is 1.65. The number of fused-ring (bicyclic) bond motifs is 1. The zero-order valence-corrected chi connectivity index (χ0v) is 10.2. The van der Waals surface area contributed by atoms with Crippen molar-refractivity contribution in [3.05, 3.63) is 46.4 Å². The summed E-state index contributed by atoms with van der Waals surface area (Å²) in [6.45, 7) is 0. The number of alkyl halides is 3. The first kappa shape index (κ1) is 12.4. The van der Waals surface area contributed by atoms with Crippen molar-refractivity contribution in [1.82, 2.24) is 0 Å². The number of nitrogens with two attached hydrogens (primary N) is 1. The molecule has 0 aliphatic heterocycles. The van der Waals surface area contributed by atoms with E-state index in [0.717, 1.165) is 15.2 Å². The second kappa shape index (κ2) is 4.31. The van der Waals surface area contributed by atoms with Crippen molar-refractivity contribution in [2.45, 2.75) is 12.2 Å². The maximum absolute atomic E-state index is 12.5. The molecule has 1 nitrogen and oxygen atoms in total. The maximum atomic E-state index is 12.5. The summed E-state index contributed by atoms with van der Waals surface area (Å²) in [6.07, 6.45) is -4.42. The third-order valence-electron chi connectivity index (χ3n) is 2.56. The van der Waals surface area contributed by atoms with Crippen molar-refractivity contribution < 1.29 is 13.2 Å². The van der Waals surface area contributed by atoms with Gasteiger partial charge in [-0.25, -0.2) is 0 Å². The van der Waals surface area contributed by atoms with Crippen LogP contribution in [0.3, 0.4) is 0 Å². The Labute approximate surface area is 105 Å². The Morgan fingerprint density at radius 2 is 1.82 bits per heavy atom. The van der Waals surface area contributed by atoms with Crippen molar-refractivity contribution in [1.29, 1.82) is 0 Å². The lowest BCUT2D eigenvalue weighted by atomic mass is 10.0. The van der Waals surface area contributed by atoms with E-state index < -0.39 is 12.2 Å². The Hall–Kier alpha value is -1.07. The quantitative estimate of drug-likeness (QED) is 0.841. The molecule has 0 unspecified atom stereocenters. The average Bonchev–Trinajstić information content (AvgIpc) is 2.26. The van der Waals surface area contributed by atoms with Gasteiger partial charge in [-0.2, -0.15) is 13.2 Å². The van der Waals surface area contributed by atoms with Crippen LogP contribution in [0.2, 0.25) is 0 Å². The van der Waals surface area contributed by atoms with Gasteiger partial charge in [0.1, 0.15) is 6.04 Å². The number of rotatable bonds is 1. The highest BCUT2D eigenvalue weighted by molar-refractivity contribution is 9.10. The average molecular weight is 304 g/mol. The minimum absolute atomic E-state index is 0.0723. The highest BCUT2D eigenvalue weighted by Crippen LogP contribution is 2.33. The van der Waals surface area contributed by atoms with Crippen LogP contribution in [0.25, 0.3) is 10.8 Å². The fourth-order valence-corrected chi connectivity index (χ4v) is 2.16. The first-order valence-corrected chi connectivity index (χ1v) is 5.69. The third-order valence-corrected chi connectivity index (χ3v) is 3.25. The molecule has 1 atom stereocenters. The molecule has 0 aromatic heterocycles. The first-order chi connectivity index (χ1) is 7.89. The molecular formula is C12H9BrF3N. The summed E-state index contributed by atoms with van der Waals surface area (Å²) in [5.41, 5.74) is 5.24. The molecule has 90 valence electrons. The summed E-state index contributed by atoms with van der Waals surface area (Å²) in [5.74, 6) is 0. The molecule has 0 heterocycles. The molecule has 17 heavy (non-hydrogen) atoms. The van der Waals surface area contributed by atoms with Crippen LogP contribution in [-0.4, -0.2) is 6.18 Å². The minimum Gasteiger partial charge on any atom is -0.316 e. The molecule has 0 amide bonds. The lowest BCUT2D eigenvalue weighted by Gasteiger charge is -2.16. The minimum atomic E-state index is -4.42. The highest BCUT2D eigenvalue weighted by atomic mass is 79.9. The van der Waals surface area contributed by atoms with Crippen LogP contribution in [-0.2, 0) is 0 Å². The zero-order chi connectivity index (χ0) is 12.6. The Morgan fingerprint density at radius 3 is 2.47 bits per heavy atom. The normalized spacial score (nSPS) is 13.9. The van der Waals surface area contributed by atoms with E-state index >= 15 is 0 Å². The number of hydrogen-bond donors (Lipinski definition) is 1. The summed E-state index contributed by atoms with van der Waals surface area (Å²) in [7, 11) is 0. The molecule has 0 aliphatic carbocycles. The number of benzene rings is 2. The summed E-state index contributed by atoms with van der Waals surface area (Å²) >= 11 is 3.34. The van der Waals surface area contributed by atoms with Crippen molar-refractivity contribution >= 4 is 26.7 Å². The summed E-state index contributed by atoms with van der Waals surface area (Å²) in [6, 6.07) is 7.95. The van der Waals surface area contributed by atoms with Gasteiger partial charge >= 0.3 is 6.18 Å². The standard InChI is InChI=1S/C12H9BrF3N/c13-10-3-1-2-7-6-8(4-5-9(7)10)11(17)12(14,15)16/h1-6,11H,17H2/t11-/m0/s1. The lowest BCUT2D eigenvalue weighted by Crippen LogP contribution is -2.28. The van der Waals surface area contributed by atoms with E-state index in [0.29, 0.717) is 0 Å². The molecule has 0 radical (unpaired) electrons. The van der Waals surface area contributed by atoms with Crippen molar-refractivity contribution in [3.8, 4) is 0 Å². The Kier molecular flexibility index (Phi) is 3.14. The van der Waals surface area contributed by atoms with Gasteiger partial charge in [0.15, 0.2) is 0 Å². The van der Waals surface area contributed by atoms with Gasteiger partial charge in [0.25, 0.3) is 0 Å². The maximum Gasteiger partial charge on any atom is 0.407 e. The van der Waals surface area contributed by atoms with Gasteiger partial charge in [0.05, 0.1) is 0 Å². The van der Waals surface area contributed by atoms with Gasteiger partial charge < -0.3 is 5.73 Å². The van der Waals surface area contributed by atoms with Crippen LogP contribution in [0.5, 0.6) is 0 Å². The van der Waals surface area contributed by atoms with Crippen LogP contribution < -0.4 is 5.73 Å². The number of halogens is 4. The Balaban J connectivity index is 2.52. The summed E-state index contributed by atoms with van der Waals surface area (Å²) in [4.78, 5) is 0. The van der Waals surface area contributed by atoms with Crippen molar-refractivity contribution in [3.63, 3.8) is 0 Å². The molecule has 0 saturated carbocycles. The van der Waals surface area contributed by atoms with E-state index in [1.54, 1.807) is 18.2 Å². The van der Waals surface area contributed by atoms with Gasteiger partial charge in [0, 0.05) is 4.47 Å². The van der Waals surface area contributed by atoms with Gasteiger partial charge in [-0.1, -0.05) is 40.2 Å². The smallest absolute Gasteiger partial charge is 0.316 e. The second-order valence-corrected chi connectivity index (χ2v) is 4.59. The molecule has 2 rings (SSSR count). The van der Waals surface area contributed by atoms with Crippen LogP contribution >= 0.6 is 15.9 Å². The first-order valence-electron chi connectivity index (χ1n) is 4.90. The molecule has 0 spiro atoms. The van der Waals surface area contributed by atoms with Gasteiger partial charge in [0.2, 0.25) is 0 Å². The van der Waals surface area contributed by atoms with E-state index in [9.17, 15) is 13.2 Å². The Bertz CT molecular complexity index is 551. The van der Waals surface area contributed by atoms with Crippen LogP contribution in [0.15, 0.2) is 40.9 Å². The monoisotopic (exact) mass is 303 g/mol. The largest absolute Gasteiger partial charge is 0.407 e. The molecule has 2 aromatic carbocycles. The Morgan fingerprint density at radius 1 is 1.12 bits per heavy atom. The highest BCUT2D eigenvalue weighted by Gasteiger charge is 2.37. The van der Waals surface area contributed by atoms with Gasteiger partial charge in [-0.3, -0.25) is 0 Å². The summed E-state index contributed by atoms with van der Waals surface area (Å²) < 4.78 is 38.3. The van der Waals surface area contributed by atoms with E-state index in [1.807, 2.05) is 6.07 Å². The van der Waals surface area contributed by atoms with Crippen LogP contribution in [0.4, 0.5) is 13.2 Å². The van der Waals surface area contributed by atoms with E-state index in [-0.39, 0.29) is 5.56 Å². The molecular weight excluding hydrogens is 295 g/mol. The second-order valence-electron chi connectivity index (χ2n) is 3.74. The topological polar surface area (TPSA) is 26.0 Å². The van der Waals surface area contributed by atoms with E-state index in [1.165, 1.54) is 12.1 Å². The molecule has 0 aliphatic rings. The van der Waals surface area contributed by atoms with E-state index in [4.69, 9.17) is 5.73 Å². The van der Waals surface area contributed by atoms with Gasteiger partial charge in [-0.05, 0) is 28.5 Å². The predicted molar refractivity (Wildman–Crippen MR) is 64.6 cm³/mol. The molecule has 2 N–H and O–H groups in total. The lowest BCUT2D eigenvalue weighted by molar-refractivity contribution is -0.149. The fraction of sp³-hybridized carbons (Fsp3) is 0.167. The number of hydrogen-bond acceptors (Lipinski definition) is 1. The van der Waals surface area contributed by atoms with Crippen LogP contribution in [0, 0.1) is 0 Å². The van der Waals surface area contributed by atoms with Crippen molar-refractivity contribution in [2.75, 3.05) is 0 Å². The predicted octanol–water partition coefficient (Wildman–Crippen LogP) is 4.16. The van der Waals surface area contributed by atoms with Crippen molar-refractivity contribution in [2.24, 2.45) is 5.73 Å². The molecule has 0 saturated heterocycles. The molecule has 2 aromatic rings. The molecule has 5 heteroatoms. The zero-order valence-electron chi connectivity index (χ0n) is 8.63. The SMILES string of the molecule is N[C@@H](c1ccc2c(Br)cccc2c1)C(F)(F)F.